The summed E-state index contributed by atoms with van der Waals surface area (Å²) in [6.45, 7) is 6.32. The van der Waals surface area contributed by atoms with E-state index in [4.69, 9.17) is 4.74 Å². The molecule has 0 saturated carbocycles. The summed E-state index contributed by atoms with van der Waals surface area (Å²) in [5, 5.41) is 12.1. The minimum Gasteiger partial charge on any atom is -0.491 e. The Hall–Kier alpha value is -3.59. The number of piperazine rings is 1. The van der Waals surface area contributed by atoms with Gasteiger partial charge >= 0.3 is 0 Å². The quantitative estimate of drug-likeness (QED) is 0.356. The first-order valence-corrected chi connectivity index (χ1v) is 12.7. The second-order valence-electron chi connectivity index (χ2n) is 9.66. The van der Waals surface area contributed by atoms with E-state index in [0.717, 1.165) is 37.0 Å². The van der Waals surface area contributed by atoms with Gasteiger partial charge in [0.1, 0.15) is 18.5 Å². The summed E-state index contributed by atoms with van der Waals surface area (Å²) in [6.07, 6.45) is -0.634. The standard InChI is InChI=1S/C29H31N3O5/c1-20(33)21-8-10-24(11-9-21)37-19-23(34)18-31-14-12-30(13-15-31)16-17-32-28(35)25-6-2-4-22-5-3-7-26(27(22)25)29(32)36/h2-11,23,34H,12-19H2,1H3/t23-/m1/s1. The average Bonchev–Trinajstić information content (AvgIpc) is 2.91. The minimum atomic E-state index is -0.634. The first-order chi connectivity index (χ1) is 17.9. The van der Waals surface area contributed by atoms with E-state index < -0.39 is 6.10 Å². The second-order valence-corrected chi connectivity index (χ2v) is 9.66. The number of carbonyl (C=O) groups excluding carboxylic acids is 3. The molecule has 1 saturated heterocycles. The fourth-order valence-electron chi connectivity index (χ4n) is 5.05. The molecule has 0 bridgehead atoms. The van der Waals surface area contributed by atoms with Gasteiger partial charge in [0.05, 0.1) is 0 Å². The van der Waals surface area contributed by atoms with Crippen molar-refractivity contribution in [1.82, 2.24) is 14.7 Å². The van der Waals surface area contributed by atoms with Gasteiger partial charge in [-0.1, -0.05) is 24.3 Å². The number of aliphatic hydroxyl groups excluding tert-OH is 1. The lowest BCUT2D eigenvalue weighted by molar-refractivity contribution is 0.0416. The SMILES string of the molecule is CC(=O)c1ccc(OC[C@H](O)CN2CCN(CCN3C(=O)c4cccc5cccc(c45)C3=O)CC2)cc1. The van der Waals surface area contributed by atoms with E-state index in [1.165, 1.54) is 11.8 Å². The summed E-state index contributed by atoms with van der Waals surface area (Å²) >= 11 is 0. The summed E-state index contributed by atoms with van der Waals surface area (Å²) in [5.74, 6) is 0.163. The highest BCUT2D eigenvalue weighted by molar-refractivity contribution is 6.25. The van der Waals surface area contributed by atoms with E-state index in [9.17, 15) is 19.5 Å². The Bertz CT molecular complexity index is 1260. The Morgan fingerprint density at radius 3 is 2.05 bits per heavy atom. The van der Waals surface area contributed by atoms with Crippen LogP contribution in [0, 0.1) is 0 Å². The van der Waals surface area contributed by atoms with E-state index in [1.807, 2.05) is 24.3 Å². The fourth-order valence-corrected chi connectivity index (χ4v) is 5.05. The number of hydrogen-bond donors (Lipinski definition) is 1. The van der Waals surface area contributed by atoms with Gasteiger partial charge in [0, 0.05) is 67.9 Å². The average molecular weight is 502 g/mol. The first-order valence-electron chi connectivity index (χ1n) is 12.7. The van der Waals surface area contributed by atoms with Gasteiger partial charge in [-0.25, -0.2) is 0 Å². The van der Waals surface area contributed by atoms with Crippen molar-refractivity contribution in [2.45, 2.75) is 13.0 Å². The van der Waals surface area contributed by atoms with E-state index >= 15 is 0 Å². The largest absolute Gasteiger partial charge is 0.491 e. The van der Waals surface area contributed by atoms with Crippen molar-refractivity contribution in [1.29, 1.82) is 0 Å². The van der Waals surface area contributed by atoms with Crippen LogP contribution in [-0.4, -0.2) is 95.9 Å². The maximum absolute atomic E-state index is 13.1. The van der Waals surface area contributed by atoms with Crippen molar-refractivity contribution >= 4 is 28.4 Å². The van der Waals surface area contributed by atoms with Crippen LogP contribution in [0.15, 0.2) is 60.7 Å². The number of nitrogens with zero attached hydrogens (tertiary/aromatic N) is 3. The predicted molar refractivity (Wildman–Crippen MR) is 140 cm³/mol. The van der Waals surface area contributed by atoms with Crippen LogP contribution >= 0.6 is 0 Å². The van der Waals surface area contributed by atoms with Crippen LogP contribution in [0.2, 0.25) is 0 Å². The number of hydrogen-bond acceptors (Lipinski definition) is 7. The normalized spacial score (nSPS) is 17.3. The number of β-amino-alcohol motifs (C(OH)–C–C–N with tert-alkyl or cyclic N) is 1. The van der Waals surface area contributed by atoms with Crippen LogP contribution in [0.4, 0.5) is 0 Å². The zero-order valence-corrected chi connectivity index (χ0v) is 20.9. The number of rotatable bonds is 9. The van der Waals surface area contributed by atoms with Gasteiger partial charge in [0.15, 0.2) is 5.78 Å². The number of ketones is 1. The molecule has 3 aromatic carbocycles. The van der Waals surface area contributed by atoms with Crippen molar-refractivity contribution in [3.8, 4) is 5.75 Å². The molecule has 1 atom stereocenters. The van der Waals surface area contributed by atoms with Crippen molar-refractivity contribution in [2.75, 3.05) is 52.4 Å². The molecule has 2 amide bonds. The van der Waals surface area contributed by atoms with Gasteiger partial charge in [-0.3, -0.25) is 29.1 Å². The van der Waals surface area contributed by atoms with Crippen LogP contribution in [0.5, 0.6) is 5.75 Å². The second kappa shape index (κ2) is 10.8. The first kappa shape index (κ1) is 25.1. The van der Waals surface area contributed by atoms with Gasteiger partial charge in [-0.05, 0) is 48.7 Å². The van der Waals surface area contributed by atoms with Crippen molar-refractivity contribution in [2.24, 2.45) is 0 Å². The summed E-state index contributed by atoms with van der Waals surface area (Å²) in [6, 6.07) is 18.1. The van der Waals surface area contributed by atoms with Gasteiger partial charge in [-0.2, -0.15) is 0 Å². The smallest absolute Gasteiger partial charge is 0.261 e. The summed E-state index contributed by atoms with van der Waals surface area (Å²) in [4.78, 5) is 43.4. The molecule has 8 heteroatoms. The third-order valence-electron chi connectivity index (χ3n) is 7.13. The lowest BCUT2D eigenvalue weighted by atomic mass is 9.94. The highest BCUT2D eigenvalue weighted by Gasteiger charge is 2.33. The highest BCUT2D eigenvalue weighted by atomic mass is 16.5. The molecule has 0 aromatic heterocycles. The van der Waals surface area contributed by atoms with E-state index in [2.05, 4.69) is 9.80 Å². The Labute approximate surface area is 216 Å². The Balaban J connectivity index is 1.08. The molecule has 3 aromatic rings. The molecular formula is C29H31N3O5. The number of benzene rings is 3. The lowest BCUT2D eigenvalue weighted by Gasteiger charge is -2.36. The summed E-state index contributed by atoms with van der Waals surface area (Å²) < 4.78 is 5.67. The summed E-state index contributed by atoms with van der Waals surface area (Å²) in [5.41, 5.74) is 1.80. The van der Waals surface area contributed by atoms with Gasteiger partial charge < -0.3 is 9.84 Å². The molecular weight excluding hydrogens is 470 g/mol. The van der Waals surface area contributed by atoms with Crippen LogP contribution in [-0.2, 0) is 0 Å². The van der Waals surface area contributed by atoms with E-state index in [0.29, 0.717) is 42.1 Å². The molecule has 8 nitrogen and oxygen atoms in total. The van der Waals surface area contributed by atoms with Gasteiger partial charge in [0.2, 0.25) is 0 Å². The molecule has 2 heterocycles. The molecule has 1 N–H and O–H groups in total. The molecule has 2 aliphatic rings. The highest BCUT2D eigenvalue weighted by Crippen LogP contribution is 2.29. The molecule has 192 valence electrons. The number of imide groups is 1. The molecule has 5 rings (SSSR count). The summed E-state index contributed by atoms with van der Waals surface area (Å²) in [7, 11) is 0. The molecule has 2 aliphatic heterocycles. The number of carbonyl (C=O) groups is 3. The maximum Gasteiger partial charge on any atom is 0.261 e. The molecule has 0 radical (unpaired) electrons. The number of ether oxygens (including phenoxy) is 1. The Morgan fingerprint density at radius 2 is 1.46 bits per heavy atom. The Morgan fingerprint density at radius 1 is 0.865 bits per heavy atom. The fraction of sp³-hybridized carbons (Fsp3) is 0.345. The van der Waals surface area contributed by atoms with E-state index in [1.54, 1.807) is 36.4 Å². The topological polar surface area (TPSA) is 90.4 Å². The Kier molecular flexibility index (Phi) is 7.32. The van der Waals surface area contributed by atoms with Crippen molar-refractivity contribution in [3.63, 3.8) is 0 Å². The maximum atomic E-state index is 13.1. The van der Waals surface area contributed by atoms with Crippen molar-refractivity contribution in [3.05, 3.63) is 77.4 Å². The monoisotopic (exact) mass is 501 g/mol. The molecule has 37 heavy (non-hydrogen) atoms. The van der Waals surface area contributed by atoms with Crippen LogP contribution < -0.4 is 4.74 Å². The minimum absolute atomic E-state index is 0.00261. The van der Waals surface area contributed by atoms with E-state index in [-0.39, 0.29) is 24.2 Å². The zero-order valence-electron chi connectivity index (χ0n) is 20.9. The third-order valence-corrected chi connectivity index (χ3v) is 7.13. The lowest BCUT2D eigenvalue weighted by Crippen LogP contribution is -2.51. The molecule has 0 spiro atoms. The predicted octanol–water partition coefficient (Wildman–Crippen LogP) is 2.70. The zero-order chi connectivity index (χ0) is 25.9. The van der Waals surface area contributed by atoms with Gasteiger partial charge in [0.25, 0.3) is 11.8 Å². The van der Waals surface area contributed by atoms with Crippen LogP contribution in [0.25, 0.3) is 10.8 Å². The van der Waals surface area contributed by atoms with Crippen molar-refractivity contribution < 1.29 is 24.2 Å². The molecule has 0 unspecified atom stereocenters. The third kappa shape index (κ3) is 5.41. The van der Waals surface area contributed by atoms with Crippen LogP contribution in [0.3, 0.4) is 0 Å². The van der Waals surface area contributed by atoms with Crippen LogP contribution in [0.1, 0.15) is 38.0 Å². The molecule has 1 fully saturated rings. The molecule has 0 aliphatic carbocycles. The number of Topliss-reactive ketones (excluding diaryl/α,β-unsaturated/α-hetero) is 1. The number of aliphatic hydroxyl groups is 1. The van der Waals surface area contributed by atoms with Gasteiger partial charge in [-0.15, -0.1) is 0 Å². The number of amides is 2.